The van der Waals surface area contributed by atoms with E-state index in [9.17, 15) is 4.79 Å². The quantitative estimate of drug-likeness (QED) is 0.830. The molecule has 0 radical (unpaired) electrons. The summed E-state index contributed by atoms with van der Waals surface area (Å²) < 4.78 is 0. The number of primary amides is 1. The zero-order chi connectivity index (χ0) is 13.8. The van der Waals surface area contributed by atoms with Gasteiger partial charge in [-0.3, -0.25) is 4.79 Å². The molecule has 1 aromatic rings. The minimum Gasteiger partial charge on any atom is -0.373 e. The molecule has 0 unspecified atom stereocenters. The van der Waals surface area contributed by atoms with Crippen molar-refractivity contribution in [2.24, 2.45) is 5.73 Å². The maximum Gasteiger partial charge on any atom is 0.237 e. The highest BCUT2D eigenvalue weighted by Crippen LogP contribution is 2.27. The average molecular weight is 263 g/mol. The molecule has 3 N–H and O–H groups in total. The SMILES string of the molecule is CNc1cc(N(CC(N)=O)C2CCCC2)nc(C)n1. The summed E-state index contributed by atoms with van der Waals surface area (Å²) in [7, 11) is 1.82. The summed E-state index contributed by atoms with van der Waals surface area (Å²) in [5.74, 6) is 1.90. The lowest BCUT2D eigenvalue weighted by atomic mass is 10.2. The largest absolute Gasteiger partial charge is 0.373 e. The first kappa shape index (κ1) is 13.6. The zero-order valence-corrected chi connectivity index (χ0v) is 11.5. The van der Waals surface area contributed by atoms with Crippen molar-refractivity contribution >= 4 is 17.5 Å². The van der Waals surface area contributed by atoms with Gasteiger partial charge in [0.15, 0.2) is 0 Å². The lowest BCUT2D eigenvalue weighted by molar-refractivity contribution is -0.116. The Labute approximate surface area is 113 Å². The number of amides is 1. The lowest BCUT2D eigenvalue weighted by Crippen LogP contribution is -2.40. The van der Waals surface area contributed by atoms with E-state index < -0.39 is 0 Å². The van der Waals surface area contributed by atoms with E-state index >= 15 is 0 Å². The minimum atomic E-state index is -0.325. The highest BCUT2D eigenvalue weighted by atomic mass is 16.1. The predicted molar refractivity (Wildman–Crippen MR) is 75.1 cm³/mol. The molecule has 0 atom stereocenters. The molecule has 1 aliphatic carbocycles. The summed E-state index contributed by atoms with van der Waals surface area (Å²) in [4.78, 5) is 22.0. The minimum absolute atomic E-state index is 0.213. The molecule has 104 valence electrons. The third kappa shape index (κ3) is 3.33. The number of carbonyl (C=O) groups is 1. The Morgan fingerprint density at radius 3 is 2.74 bits per heavy atom. The van der Waals surface area contributed by atoms with Crippen LogP contribution < -0.4 is 16.0 Å². The summed E-state index contributed by atoms with van der Waals surface area (Å²) in [5, 5.41) is 3.01. The summed E-state index contributed by atoms with van der Waals surface area (Å²) in [6.45, 7) is 2.06. The monoisotopic (exact) mass is 263 g/mol. The van der Waals surface area contributed by atoms with E-state index in [1.807, 2.05) is 24.9 Å². The molecule has 1 aromatic heterocycles. The predicted octanol–water partition coefficient (Wildman–Crippen LogP) is 1.06. The Balaban J connectivity index is 2.30. The van der Waals surface area contributed by atoms with Gasteiger partial charge in [-0.05, 0) is 19.8 Å². The number of anilines is 2. The van der Waals surface area contributed by atoms with Crippen molar-refractivity contribution in [1.82, 2.24) is 9.97 Å². The Hall–Kier alpha value is -1.85. The number of hydrogen-bond donors (Lipinski definition) is 2. The van der Waals surface area contributed by atoms with Crippen molar-refractivity contribution < 1.29 is 4.79 Å². The first-order valence-corrected chi connectivity index (χ1v) is 6.68. The number of aryl methyl sites for hydroxylation is 1. The van der Waals surface area contributed by atoms with Crippen LogP contribution in [0.2, 0.25) is 0 Å². The topological polar surface area (TPSA) is 84.1 Å². The van der Waals surface area contributed by atoms with Crippen molar-refractivity contribution in [3.63, 3.8) is 0 Å². The zero-order valence-electron chi connectivity index (χ0n) is 11.5. The Bertz CT molecular complexity index is 456. The number of carbonyl (C=O) groups excluding carboxylic acids is 1. The van der Waals surface area contributed by atoms with E-state index in [4.69, 9.17) is 5.73 Å². The highest BCUT2D eigenvalue weighted by molar-refractivity contribution is 5.79. The second kappa shape index (κ2) is 5.86. The first-order chi connectivity index (χ1) is 9.10. The Morgan fingerprint density at radius 2 is 2.16 bits per heavy atom. The molecule has 0 saturated heterocycles. The molecule has 1 amide bonds. The van der Waals surface area contributed by atoms with Crippen LogP contribution in [0.5, 0.6) is 0 Å². The third-order valence-corrected chi connectivity index (χ3v) is 3.47. The number of hydrogen-bond acceptors (Lipinski definition) is 5. The van der Waals surface area contributed by atoms with E-state index in [2.05, 4.69) is 15.3 Å². The van der Waals surface area contributed by atoms with Gasteiger partial charge in [0.1, 0.15) is 17.5 Å². The van der Waals surface area contributed by atoms with Crippen LogP contribution in [-0.2, 0) is 4.79 Å². The van der Waals surface area contributed by atoms with Gasteiger partial charge in [-0.15, -0.1) is 0 Å². The summed E-state index contributed by atoms with van der Waals surface area (Å²) >= 11 is 0. The van der Waals surface area contributed by atoms with Crippen LogP contribution in [0.15, 0.2) is 6.07 Å². The number of aromatic nitrogens is 2. The molecule has 0 bridgehead atoms. The van der Waals surface area contributed by atoms with Gasteiger partial charge >= 0.3 is 0 Å². The number of rotatable bonds is 5. The second-order valence-electron chi connectivity index (χ2n) is 4.94. The molecule has 19 heavy (non-hydrogen) atoms. The fourth-order valence-corrected chi connectivity index (χ4v) is 2.61. The van der Waals surface area contributed by atoms with Crippen LogP contribution in [0, 0.1) is 6.92 Å². The molecule has 0 spiro atoms. The molecule has 1 saturated carbocycles. The second-order valence-corrected chi connectivity index (χ2v) is 4.94. The van der Waals surface area contributed by atoms with Gasteiger partial charge in [-0.2, -0.15) is 0 Å². The van der Waals surface area contributed by atoms with Crippen LogP contribution in [0.3, 0.4) is 0 Å². The van der Waals surface area contributed by atoms with Crippen LogP contribution in [0.4, 0.5) is 11.6 Å². The van der Waals surface area contributed by atoms with Crippen LogP contribution in [-0.4, -0.2) is 35.5 Å². The normalized spacial score (nSPS) is 15.5. The maximum atomic E-state index is 11.3. The van der Waals surface area contributed by atoms with Crippen molar-refractivity contribution in [3.8, 4) is 0 Å². The molecular weight excluding hydrogens is 242 g/mol. The van der Waals surface area contributed by atoms with Crippen molar-refractivity contribution in [1.29, 1.82) is 0 Å². The van der Waals surface area contributed by atoms with Gasteiger partial charge in [-0.25, -0.2) is 9.97 Å². The summed E-state index contributed by atoms with van der Waals surface area (Å²) in [5.41, 5.74) is 5.37. The smallest absolute Gasteiger partial charge is 0.237 e. The fraction of sp³-hybridized carbons (Fsp3) is 0.615. The van der Waals surface area contributed by atoms with Gasteiger partial charge in [0.25, 0.3) is 0 Å². The van der Waals surface area contributed by atoms with Gasteiger partial charge in [0, 0.05) is 19.2 Å². The molecule has 0 aliphatic heterocycles. The van der Waals surface area contributed by atoms with Gasteiger partial charge in [0.05, 0.1) is 6.54 Å². The van der Waals surface area contributed by atoms with Crippen LogP contribution in [0.25, 0.3) is 0 Å². The van der Waals surface area contributed by atoms with Crippen LogP contribution >= 0.6 is 0 Å². The molecule has 2 rings (SSSR count). The van der Waals surface area contributed by atoms with Gasteiger partial charge in [0.2, 0.25) is 5.91 Å². The number of nitrogens with two attached hydrogens (primary N) is 1. The summed E-state index contributed by atoms with van der Waals surface area (Å²) in [6, 6.07) is 2.22. The number of nitrogens with zero attached hydrogens (tertiary/aromatic N) is 3. The fourth-order valence-electron chi connectivity index (χ4n) is 2.61. The third-order valence-electron chi connectivity index (χ3n) is 3.47. The molecule has 0 aromatic carbocycles. The van der Waals surface area contributed by atoms with Crippen molar-refractivity contribution in [3.05, 3.63) is 11.9 Å². The van der Waals surface area contributed by atoms with Crippen molar-refractivity contribution in [2.45, 2.75) is 38.6 Å². The molecular formula is C13H21N5O. The van der Waals surface area contributed by atoms with Gasteiger partial charge < -0.3 is 16.0 Å². The van der Waals surface area contributed by atoms with E-state index in [0.29, 0.717) is 11.9 Å². The standard InChI is InChI=1S/C13H21N5O/c1-9-16-12(15-2)7-13(17-9)18(8-11(14)19)10-5-3-4-6-10/h7,10H,3-6,8H2,1-2H3,(H2,14,19)(H,15,16,17). The number of nitrogens with one attached hydrogen (secondary N) is 1. The van der Waals surface area contributed by atoms with Crippen molar-refractivity contribution in [2.75, 3.05) is 23.8 Å². The average Bonchev–Trinajstić information content (AvgIpc) is 2.88. The highest BCUT2D eigenvalue weighted by Gasteiger charge is 2.25. The molecule has 1 fully saturated rings. The molecule has 6 nitrogen and oxygen atoms in total. The van der Waals surface area contributed by atoms with E-state index in [1.165, 1.54) is 12.8 Å². The van der Waals surface area contributed by atoms with E-state index in [1.54, 1.807) is 0 Å². The Morgan fingerprint density at radius 1 is 1.47 bits per heavy atom. The first-order valence-electron chi connectivity index (χ1n) is 6.68. The Kier molecular flexibility index (Phi) is 4.19. The summed E-state index contributed by atoms with van der Waals surface area (Å²) in [6.07, 6.45) is 4.57. The van der Waals surface area contributed by atoms with E-state index in [0.717, 1.165) is 24.5 Å². The molecule has 1 heterocycles. The molecule has 1 aliphatic rings. The molecule has 6 heteroatoms. The lowest BCUT2D eigenvalue weighted by Gasteiger charge is -2.29. The van der Waals surface area contributed by atoms with Crippen LogP contribution in [0.1, 0.15) is 31.5 Å². The van der Waals surface area contributed by atoms with E-state index in [-0.39, 0.29) is 12.5 Å². The van der Waals surface area contributed by atoms with Gasteiger partial charge in [-0.1, -0.05) is 12.8 Å². The maximum absolute atomic E-state index is 11.3.